The minimum absolute atomic E-state index is 0.0346. The summed E-state index contributed by atoms with van der Waals surface area (Å²) < 4.78 is 5.22. The molecule has 0 aliphatic carbocycles. The average Bonchev–Trinajstić information content (AvgIpc) is 2.83. The second-order valence-electron chi connectivity index (χ2n) is 8.88. The third-order valence-electron chi connectivity index (χ3n) is 5.49. The number of nitrogens with one attached hydrogen (secondary N) is 2. The largest absolute Gasteiger partial charge is 0.480 e. The number of hydrogen-bond acceptors (Lipinski definition) is 6. The third-order valence-corrected chi connectivity index (χ3v) is 5.84. The molecule has 0 aromatic heterocycles. The molecule has 0 bridgehead atoms. The Hall–Kier alpha value is -3.92. The van der Waals surface area contributed by atoms with E-state index in [0.717, 1.165) is 0 Å². The van der Waals surface area contributed by atoms with Crippen molar-refractivity contribution in [3.05, 3.63) is 70.7 Å². The van der Waals surface area contributed by atoms with Crippen molar-refractivity contribution >= 4 is 41.3 Å². The van der Waals surface area contributed by atoms with Gasteiger partial charge >= 0.3 is 18.0 Å². The highest BCUT2D eigenvalue weighted by molar-refractivity contribution is 6.32. The lowest BCUT2D eigenvalue weighted by Gasteiger charge is -2.35. The Bertz CT molecular complexity index is 1150. The Morgan fingerprint density at radius 1 is 0.919 bits per heavy atom. The molecule has 11 heteroatoms. The van der Waals surface area contributed by atoms with Crippen LogP contribution >= 0.6 is 11.6 Å². The maximum Gasteiger partial charge on any atom is 0.408 e. The Balaban J connectivity index is 2.57. The van der Waals surface area contributed by atoms with Crippen molar-refractivity contribution < 1.29 is 38.9 Å². The maximum atomic E-state index is 14.0. The smallest absolute Gasteiger partial charge is 0.408 e. The van der Waals surface area contributed by atoms with Gasteiger partial charge in [-0.1, -0.05) is 74.0 Å². The van der Waals surface area contributed by atoms with Gasteiger partial charge in [0.1, 0.15) is 18.6 Å². The fourth-order valence-corrected chi connectivity index (χ4v) is 3.99. The van der Waals surface area contributed by atoms with Crippen LogP contribution in [-0.4, -0.2) is 51.5 Å². The van der Waals surface area contributed by atoms with Gasteiger partial charge in [-0.25, -0.2) is 4.79 Å². The van der Waals surface area contributed by atoms with Gasteiger partial charge in [-0.2, -0.15) is 0 Å². The number of carbonyl (C=O) groups excluding carboxylic acids is 3. The van der Waals surface area contributed by atoms with Gasteiger partial charge in [0.15, 0.2) is 11.3 Å². The Morgan fingerprint density at radius 3 is 2.05 bits per heavy atom. The van der Waals surface area contributed by atoms with Crippen LogP contribution in [0, 0.1) is 5.92 Å². The number of ether oxygens (including phenoxy) is 1. The minimum Gasteiger partial charge on any atom is -0.480 e. The van der Waals surface area contributed by atoms with Crippen molar-refractivity contribution in [1.29, 1.82) is 0 Å². The number of amides is 2. The zero-order valence-corrected chi connectivity index (χ0v) is 21.3. The van der Waals surface area contributed by atoms with Crippen LogP contribution in [-0.2, 0) is 30.5 Å². The van der Waals surface area contributed by atoms with E-state index in [2.05, 4.69) is 10.6 Å². The molecule has 1 unspecified atom stereocenters. The second-order valence-corrected chi connectivity index (χ2v) is 9.29. The van der Waals surface area contributed by atoms with Gasteiger partial charge in [0.2, 0.25) is 0 Å². The summed E-state index contributed by atoms with van der Waals surface area (Å²) >= 11 is 6.19. The quantitative estimate of drug-likeness (QED) is 0.303. The van der Waals surface area contributed by atoms with E-state index in [1.54, 1.807) is 44.2 Å². The number of alkyl carbamates (subject to hydrolysis) is 1. The number of ketones is 1. The number of hydrogen-bond donors (Lipinski definition) is 4. The molecule has 198 valence electrons. The lowest BCUT2D eigenvalue weighted by molar-refractivity contribution is -0.149. The van der Waals surface area contributed by atoms with Crippen LogP contribution in [0.5, 0.6) is 0 Å². The summed E-state index contributed by atoms with van der Waals surface area (Å²) in [6.07, 6.45) is -1.52. The van der Waals surface area contributed by atoms with E-state index in [1.165, 1.54) is 31.2 Å². The number of rotatable bonds is 12. The average molecular weight is 533 g/mol. The Labute approximate surface area is 219 Å². The molecule has 10 nitrogen and oxygen atoms in total. The number of halogens is 1. The summed E-state index contributed by atoms with van der Waals surface area (Å²) in [5, 5.41) is 23.7. The third kappa shape index (κ3) is 7.53. The zero-order chi connectivity index (χ0) is 27.8. The Kier molecular flexibility index (Phi) is 10.2. The minimum atomic E-state index is -2.49. The van der Waals surface area contributed by atoms with Crippen LogP contribution in [0.4, 0.5) is 4.79 Å². The SMILES string of the molecule is CC(C)C[C@](NC(=O)OCc1ccccc1)(C(=O)N[C@@H](C)C(=O)O)C(=O)C(C(=O)O)c1ccccc1Cl. The molecular formula is C26H29ClN2O8. The molecule has 2 rings (SSSR count). The van der Waals surface area contributed by atoms with E-state index in [9.17, 15) is 34.2 Å². The van der Waals surface area contributed by atoms with E-state index < -0.39 is 53.1 Å². The first kappa shape index (κ1) is 29.3. The summed E-state index contributed by atoms with van der Waals surface area (Å²) in [7, 11) is 0. The predicted octanol–water partition coefficient (Wildman–Crippen LogP) is 3.38. The van der Waals surface area contributed by atoms with Gasteiger partial charge in [0, 0.05) is 5.02 Å². The van der Waals surface area contributed by atoms with Crippen molar-refractivity contribution in [2.45, 2.75) is 51.3 Å². The fraction of sp³-hybridized carbons (Fsp3) is 0.346. The summed E-state index contributed by atoms with van der Waals surface area (Å²) in [6.45, 7) is 4.27. The number of carbonyl (C=O) groups is 5. The highest BCUT2D eigenvalue weighted by Gasteiger charge is 2.53. The molecule has 2 amide bonds. The predicted molar refractivity (Wildman–Crippen MR) is 134 cm³/mol. The number of Topliss-reactive ketones (excluding diaryl/α,β-unsaturated/α-hetero) is 1. The van der Waals surface area contributed by atoms with Crippen LogP contribution in [0.15, 0.2) is 54.6 Å². The van der Waals surface area contributed by atoms with Crippen molar-refractivity contribution in [1.82, 2.24) is 10.6 Å². The Morgan fingerprint density at radius 2 is 1.51 bits per heavy atom. The first-order valence-corrected chi connectivity index (χ1v) is 11.8. The molecule has 0 radical (unpaired) electrons. The summed E-state index contributed by atoms with van der Waals surface area (Å²) in [4.78, 5) is 64.1. The fourth-order valence-electron chi connectivity index (χ4n) is 3.74. The van der Waals surface area contributed by atoms with Gasteiger partial charge in [0.25, 0.3) is 5.91 Å². The molecule has 0 fully saturated rings. The van der Waals surface area contributed by atoms with E-state index >= 15 is 0 Å². The molecule has 4 N–H and O–H groups in total. The van der Waals surface area contributed by atoms with Crippen molar-refractivity contribution in [3.8, 4) is 0 Å². The lowest BCUT2D eigenvalue weighted by Crippen LogP contribution is -2.67. The van der Waals surface area contributed by atoms with E-state index in [0.29, 0.717) is 5.56 Å². The number of aliphatic carboxylic acids is 2. The van der Waals surface area contributed by atoms with E-state index in [4.69, 9.17) is 16.3 Å². The molecule has 2 aromatic carbocycles. The summed E-state index contributed by atoms with van der Waals surface area (Å²) in [6, 6.07) is 12.9. The molecule has 0 aliphatic heterocycles. The molecule has 0 heterocycles. The topological polar surface area (TPSA) is 159 Å². The summed E-state index contributed by atoms with van der Waals surface area (Å²) in [5.74, 6) is -7.76. The van der Waals surface area contributed by atoms with E-state index in [1.807, 2.05) is 0 Å². The van der Waals surface area contributed by atoms with Gasteiger partial charge in [-0.05, 0) is 36.5 Å². The monoisotopic (exact) mass is 532 g/mol. The number of carboxylic acids is 2. The maximum absolute atomic E-state index is 14.0. The zero-order valence-electron chi connectivity index (χ0n) is 20.6. The van der Waals surface area contributed by atoms with Crippen molar-refractivity contribution in [2.24, 2.45) is 5.92 Å². The molecule has 37 heavy (non-hydrogen) atoms. The normalized spacial score (nSPS) is 14.1. The van der Waals surface area contributed by atoms with Gasteiger partial charge in [-0.15, -0.1) is 0 Å². The number of carboxylic acid groups (broad SMARTS) is 2. The van der Waals surface area contributed by atoms with Crippen LogP contribution in [0.25, 0.3) is 0 Å². The molecule has 0 spiro atoms. The van der Waals surface area contributed by atoms with Crippen LogP contribution in [0.2, 0.25) is 5.02 Å². The van der Waals surface area contributed by atoms with Crippen molar-refractivity contribution in [2.75, 3.05) is 0 Å². The lowest BCUT2D eigenvalue weighted by atomic mass is 9.76. The highest BCUT2D eigenvalue weighted by atomic mass is 35.5. The molecule has 0 aliphatic rings. The first-order chi connectivity index (χ1) is 17.4. The van der Waals surface area contributed by atoms with Gasteiger partial charge < -0.3 is 25.6 Å². The molecule has 0 saturated heterocycles. The van der Waals surface area contributed by atoms with E-state index in [-0.39, 0.29) is 23.6 Å². The molecule has 0 saturated carbocycles. The van der Waals surface area contributed by atoms with Crippen LogP contribution in [0.3, 0.4) is 0 Å². The van der Waals surface area contributed by atoms with Gasteiger partial charge in [-0.3, -0.25) is 19.2 Å². The summed E-state index contributed by atoms with van der Waals surface area (Å²) in [5.41, 5.74) is -1.95. The molecule has 3 atom stereocenters. The molecule has 2 aromatic rings. The standard InChI is InChI=1S/C26H29ClN2O8/c1-15(2)13-26(24(35)28-16(3)22(31)32,29-25(36)37-14-17-9-5-4-6-10-17)21(30)20(23(33)34)18-11-7-8-12-19(18)27/h4-12,15-16,20H,13-14H2,1-3H3,(H,28,35)(H,29,36)(H,31,32)(H,33,34)/t16-,20?,26+/m0/s1. The van der Waals surface area contributed by atoms with Crippen LogP contribution < -0.4 is 10.6 Å². The van der Waals surface area contributed by atoms with Crippen LogP contribution in [0.1, 0.15) is 44.2 Å². The highest BCUT2D eigenvalue weighted by Crippen LogP contribution is 2.32. The van der Waals surface area contributed by atoms with Gasteiger partial charge in [0.05, 0.1) is 0 Å². The first-order valence-electron chi connectivity index (χ1n) is 11.4. The second kappa shape index (κ2) is 12.9. The van der Waals surface area contributed by atoms with Crippen molar-refractivity contribution in [3.63, 3.8) is 0 Å². The number of benzene rings is 2. The molecular weight excluding hydrogens is 504 g/mol.